The maximum absolute atomic E-state index is 14.3. The third-order valence-corrected chi connectivity index (χ3v) is 11.5. The van der Waals surface area contributed by atoms with Gasteiger partial charge in [-0.05, 0) is 77.0 Å². The predicted octanol–water partition coefficient (Wildman–Crippen LogP) is -1.48. The number of aromatic amines is 1. The number of hydrogen-bond donors (Lipinski definition) is 5. The molecule has 0 saturated carbocycles. The molecular weight excluding hydrogens is 712 g/mol. The van der Waals surface area contributed by atoms with Crippen LogP contribution in [0.15, 0.2) is 53.4 Å². The van der Waals surface area contributed by atoms with Gasteiger partial charge in [-0.25, -0.2) is 4.79 Å². The number of hydrogen-bond acceptors (Lipinski definition) is 13. The van der Waals surface area contributed by atoms with Crippen molar-refractivity contribution < 1.29 is 20.1 Å². The third-order valence-electron chi connectivity index (χ3n) is 11.5. The van der Waals surface area contributed by atoms with E-state index >= 15 is 0 Å². The van der Waals surface area contributed by atoms with Crippen LogP contribution in [0.5, 0.6) is 5.88 Å². The van der Waals surface area contributed by atoms with Gasteiger partial charge in [-0.2, -0.15) is 0 Å². The third kappa shape index (κ3) is 6.68. The number of H-pyrrole nitrogens is 1. The van der Waals surface area contributed by atoms with E-state index in [4.69, 9.17) is 9.73 Å². The Morgan fingerprint density at radius 1 is 0.836 bits per heavy atom. The monoisotopic (exact) mass is 758 g/mol. The first-order valence-corrected chi connectivity index (χ1v) is 19.1. The summed E-state index contributed by atoms with van der Waals surface area (Å²) in [4.78, 5) is 78.0. The number of benzene rings is 2. The lowest BCUT2D eigenvalue weighted by molar-refractivity contribution is -0.0391. The summed E-state index contributed by atoms with van der Waals surface area (Å²) in [7, 11) is 0. The van der Waals surface area contributed by atoms with Crippen molar-refractivity contribution in [3.63, 3.8) is 0 Å². The second-order valence-corrected chi connectivity index (χ2v) is 15.0. The Kier molecular flexibility index (Phi) is 10.2. The Hall–Kier alpha value is -4.78. The van der Waals surface area contributed by atoms with Gasteiger partial charge in [-0.1, -0.05) is 0 Å². The molecule has 6 heterocycles. The zero-order valence-electron chi connectivity index (χ0n) is 30.7. The average molecular weight is 759 g/mol. The number of likely N-dealkylation sites (tertiary alicyclic amines) is 2. The van der Waals surface area contributed by atoms with Gasteiger partial charge in [0.05, 0.1) is 22.9 Å². The molecule has 17 nitrogen and oxygen atoms in total. The fraction of sp³-hybridized carbons (Fsp3) is 0.526. The maximum Gasteiger partial charge on any atom is 0.330 e. The lowest BCUT2D eigenvalue weighted by Gasteiger charge is -2.21. The van der Waals surface area contributed by atoms with Gasteiger partial charge in [-0.3, -0.25) is 42.9 Å². The van der Waals surface area contributed by atoms with Crippen LogP contribution in [0.2, 0.25) is 0 Å². The van der Waals surface area contributed by atoms with Gasteiger partial charge in [0.25, 0.3) is 22.2 Å². The standard InChI is InChI=1S/C38H46N8O9/c1-21-20-46(38(54)41-32(21)49)37-31(48)30(47)26(55-37)19-39-8-9-40-25-18-24-27-22(33(50)44(35(24)52)16-14-42-10-2-3-11-42)6-7-23-28(27)29(25)36(53)45(34(23)51)17-15-43-12-4-5-13-43/h6-7,18,20,26,30-31,37,39,47-48,51H,2-5,8-17,19H2,1H3,(H,41,49,54)/t26-,30-,31-,37-/m1/s1. The molecule has 0 spiro atoms. The summed E-state index contributed by atoms with van der Waals surface area (Å²) in [5, 5.41) is 37.6. The van der Waals surface area contributed by atoms with Gasteiger partial charge in [0.15, 0.2) is 6.23 Å². The number of nitrogens with one attached hydrogen (secondary N) is 2. The number of aliphatic hydroxyl groups excluding tert-OH is 2. The molecule has 1 aliphatic carbocycles. The summed E-state index contributed by atoms with van der Waals surface area (Å²) < 4.78 is 9.49. The molecule has 2 aromatic heterocycles. The summed E-state index contributed by atoms with van der Waals surface area (Å²) in [6, 6.07) is 4.85. The lowest BCUT2D eigenvalue weighted by Crippen LogP contribution is -2.40. The van der Waals surface area contributed by atoms with Crippen molar-refractivity contribution in [3.8, 4) is 17.0 Å². The summed E-state index contributed by atoms with van der Waals surface area (Å²) in [6.07, 6.45) is 0.678. The van der Waals surface area contributed by atoms with Crippen LogP contribution in [0.25, 0.3) is 32.7 Å². The van der Waals surface area contributed by atoms with E-state index in [1.165, 1.54) is 22.3 Å². The normalized spacial score (nSPS) is 22.8. The Morgan fingerprint density at radius 2 is 1.49 bits per heavy atom. The molecule has 17 heteroatoms. The van der Waals surface area contributed by atoms with E-state index < -0.39 is 52.5 Å². The number of rotatable bonds is 12. The minimum absolute atomic E-state index is 0.0727. The van der Waals surface area contributed by atoms with E-state index in [9.17, 15) is 39.3 Å². The zero-order valence-corrected chi connectivity index (χ0v) is 30.7. The summed E-state index contributed by atoms with van der Waals surface area (Å²) >= 11 is 0. The molecule has 5 N–H and O–H groups in total. The minimum Gasteiger partial charge on any atom is -0.494 e. The van der Waals surface area contributed by atoms with Crippen molar-refractivity contribution in [1.29, 1.82) is 0 Å². The molecule has 292 valence electrons. The Labute approximate surface area is 313 Å². The van der Waals surface area contributed by atoms with Crippen molar-refractivity contribution in [1.82, 2.24) is 33.8 Å². The molecule has 5 aliphatic rings. The van der Waals surface area contributed by atoms with E-state index in [-0.39, 0.29) is 60.5 Å². The van der Waals surface area contributed by atoms with Crippen molar-refractivity contribution in [2.45, 2.75) is 70.2 Å². The molecule has 3 fully saturated rings. The fourth-order valence-electron chi connectivity index (χ4n) is 8.49. The van der Waals surface area contributed by atoms with Crippen molar-refractivity contribution >= 4 is 21.5 Å². The van der Waals surface area contributed by atoms with Crippen LogP contribution in [-0.4, -0.2) is 121 Å². The highest BCUT2D eigenvalue weighted by Crippen LogP contribution is 2.37. The summed E-state index contributed by atoms with van der Waals surface area (Å²) in [6.45, 7) is 7.23. The van der Waals surface area contributed by atoms with Crippen LogP contribution in [0, 0.1) is 6.92 Å². The molecule has 4 atom stereocenters. The van der Waals surface area contributed by atoms with Gasteiger partial charge >= 0.3 is 5.69 Å². The second-order valence-electron chi connectivity index (χ2n) is 15.0. The second kappa shape index (κ2) is 15.0. The molecule has 0 bridgehead atoms. The fourth-order valence-corrected chi connectivity index (χ4v) is 8.49. The molecule has 3 saturated heterocycles. The first-order chi connectivity index (χ1) is 26.5. The molecule has 3 aromatic rings. The smallest absolute Gasteiger partial charge is 0.330 e. The van der Waals surface area contributed by atoms with E-state index in [1.807, 2.05) is 0 Å². The van der Waals surface area contributed by atoms with E-state index in [2.05, 4.69) is 20.1 Å². The van der Waals surface area contributed by atoms with Gasteiger partial charge in [0.2, 0.25) is 5.88 Å². The lowest BCUT2D eigenvalue weighted by atomic mass is 9.90. The van der Waals surface area contributed by atoms with Gasteiger partial charge in [0.1, 0.15) is 18.3 Å². The Balaban J connectivity index is 1.12. The highest BCUT2D eigenvalue weighted by molar-refractivity contribution is 6.15. The highest BCUT2D eigenvalue weighted by Gasteiger charge is 2.44. The zero-order chi connectivity index (χ0) is 38.5. The average Bonchev–Trinajstić information content (AvgIpc) is 3.95. The molecule has 0 amide bonds. The summed E-state index contributed by atoms with van der Waals surface area (Å²) in [5.74, 6) is -0.223. The van der Waals surface area contributed by atoms with Gasteiger partial charge in [0, 0.05) is 72.8 Å². The predicted molar refractivity (Wildman–Crippen MR) is 204 cm³/mol. The maximum atomic E-state index is 14.3. The van der Waals surface area contributed by atoms with Gasteiger partial charge < -0.3 is 35.2 Å². The number of aliphatic hydroxyl groups is 2. The molecular formula is C38H46N8O9. The van der Waals surface area contributed by atoms with E-state index in [0.717, 1.165) is 56.4 Å². The molecule has 8 rings (SSSR count). The number of aromatic hydroxyl groups is 1. The minimum atomic E-state index is -1.44. The highest BCUT2D eigenvalue weighted by atomic mass is 16.6. The Morgan fingerprint density at radius 3 is 2.18 bits per heavy atom. The van der Waals surface area contributed by atoms with E-state index in [1.54, 1.807) is 18.2 Å². The van der Waals surface area contributed by atoms with Crippen LogP contribution in [0.4, 0.5) is 0 Å². The topological polar surface area (TPSA) is 217 Å². The van der Waals surface area contributed by atoms with Crippen molar-refractivity contribution in [2.24, 2.45) is 4.99 Å². The molecule has 55 heavy (non-hydrogen) atoms. The number of aryl methyl sites for hydroxylation is 1. The van der Waals surface area contributed by atoms with Crippen molar-refractivity contribution in [3.05, 3.63) is 87.2 Å². The SMILES string of the molecule is Cc1cn([C@@H]2O[C@H](CNCCN=c3cc4c(=O)n(CCN5CCCC5)c(=O)c5ccc6c(O)n(CCN7CCCC7)c(=O)c3c6c5-4)[C@@H](O)[C@H]2O)c(=O)[nH]c1=O. The quantitative estimate of drug-likeness (QED) is 0.0728. The molecule has 0 radical (unpaired) electrons. The van der Waals surface area contributed by atoms with Crippen LogP contribution in [0.1, 0.15) is 37.5 Å². The number of nitrogens with zero attached hydrogens (tertiary/aromatic N) is 6. The van der Waals surface area contributed by atoms with Crippen LogP contribution in [-0.2, 0) is 17.8 Å². The number of ether oxygens (including phenoxy) is 1. The molecule has 4 aliphatic heterocycles. The molecule has 0 unspecified atom stereocenters. The van der Waals surface area contributed by atoms with Crippen molar-refractivity contribution in [2.75, 3.05) is 58.9 Å². The molecule has 1 aromatic carbocycles. The van der Waals surface area contributed by atoms with Crippen LogP contribution in [0.3, 0.4) is 0 Å². The number of aromatic nitrogens is 4. The summed E-state index contributed by atoms with van der Waals surface area (Å²) in [5.41, 5.74) is -1.89. The largest absolute Gasteiger partial charge is 0.494 e. The number of pyridine rings is 2. The Bertz CT molecular complexity index is 2550. The van der Waals surface area contributed by atoms with Gasteiger partial charge in [-0.15, -0.1) is 0 Å². The van der Waals surface area contributed by atoms with Crippen LogP contribution >= 0.6 is 0 Å². The first-order valence-electron chi connectivity index (χ1n) is 19.1. The first kappa shape index (κ1) is 37.2. The van der Waals surface area contributed by atoms with Crippen LogP contribution < -0.4 is 38.6 Å². The van der Waals surface area contributed by atoms with E-state index in [0.29, 0.717) is 34.8 Å².